The first-order valence-corrected chi connectivity index (χ1v) is 11.1. The van der Waals surface area contributed by atoms with Crippen molar-refractivity contribution in [3.05, 3.63) is 95.3 Å². The van der Waals surface area contributed by atoms with Gasteiger partial charge in [-0.3, -0.25) is 9.59 Å². The van der Waals surface area contributed by atoms with Crippen LogP contribution < -0.4 is 20.2 Å². The van der Waals surface area contributed by atoms with Gasteiger partial charge in [0.2, 0.25) is 0 Å². The van der Waals surface area contributed by atoms with Crippen molar-refractivity contribution in [3.8, 4) is 11.5 Å². The minimum absolute atomic E-state index is 0.129. The number of methoxy groups -OCH3 is 1. The molecular weight excluding hydrogens is 449 g/mol. The van der Waals surface area contributed by atoms with Crippen LogP contribution in [0.5, 0.6) is 11.5 Å². The summed E-state index contributed by atoms with van der Waals surface area (Å²) in [5.74, 6) is -0.993. The van der Waals surface area contributed by atoms with Crippen molar-refractivity contribution < 1.29 is 23.5 Å². The minimum Gasteiger partial charge on any atom is -0.493 e. The van der Waals surface area contributed by atoms with E-state index >= 15 is 0 Å². The Morgan fingerprint density at radius 2 is 1.71 bits per heavy atom. The predicted molar refractivity (Wildman–Crippen MR) is 132 cm³/mol. The van der Waals surface area contributed by atoms with Crippen LogP contribution in [0.2, 0.25) is 0 Å². The van der Waals surface area contributed by atoms with Crippen LogP contribution in [0.4, 0.5) is 4.39 Å². The Balaban J connectivity index is 1.61. The van der Waals surface area contributed by atoms with E-state index in [0.717, 1.165) is 5.56 Å². The molecule has 35 heavy (non-hydrogen) atoms. The third-order valence-corrected chi connectivity index (χ3v) is 5.17. The molecule has 2 amide bonds. The number of nitrogens with one attached hydrogen (secondary N) is 2. The maximum Gasteiger partial charge on any atom is 0.262 e. The van der Waals surface area contributed by atoms with E-state index in [9.17, 15) is 14.0 Å². The van der Waals surface area contributed by atoms with Crippen molar-refractivity contribution in [2.24, 2.45) is 11.0 Å². The topological polar surface area (TPSA) is 89.0 Å². The monoisotopic (exact) mass is 477 g/mol. The molecule has 0 saturated carbocycles. The van der Waals surface area contributed by atoms with Crippen LogP contribution in [0, 0.1) is 11.7 Å². The number of hydrazone groups is 1. The number of benzene rings is 3. The Morgan fingerprint density at radius 1 is 1.00 bits per heavy atom. The number of halogens is 1. The summed E-state index contributed by atoms with van der Waals surface area (Å²) >= 11 is 0. The normalized spacial score (nSPS) is 11.8. The summed E-state index contributed by atoms with van der Waals surface area (Å²) in [6.45, 7) is 3.94. The molecule has 0 aromatic heterocycles. The highest BCUT2D eigenvalue weighted by molar-refractivity contribution is 5.98. The van der Waals surface area contributed by atoms with Gasteiger partial charge in [0.05, 0.1) is 18.9 Å². The number of nitrogens with zero attached hydrogens (tertiary/aromatic N) is 1. The maximum absolute atomic E-state index is 13.9. The average molecular weight is 478 g/mol. The molecule has 3 aromatic rings. The first kappa shape index (κ1) is 25.4. The molecule has 0 bridgehead atoms. The van der Waals surface area contributed by atoms with Gasteiger partial charge in [-0.25, -0.2) is 9.82 Å². The summed E-state index contributed by atoms with van der Waals surface area (Å²) in [6.07, 6.45) is 1.46. The Kier molecular flexibility index (Phi) is 8.95. The number of carbonyl (C=O) groups is 2. The lowest BCUT2D eigenvalue weighted by atomic mass is 10.0. The minimum atomic E-state index is -0.900. The molecular formula is C27H28FN3O4. The number of ether oxygens (including phenoxy) is 2. The van der Waals surface area contributed by atoms with Crippen molar-refractivity contribution in [2.45, 2.75) is 26.5 Å². The quantitative estimate of drug-likeness (QED) is 0.336. The second-order valence-electron chi connectivity index (χ2n) is 8.09. The van der Waals surface area contributed by atoms with E-state index in [1.807, 2.05) is 30.3 Å². The van der Waals surface area contributed by atoms with E-state index in [4.69, 9.17) is 9.47 Å². The van der Waals surface area contributed by atoms with Crippen molar-refractivity contribution in [3.63, 3.8) is 0 Å². The van der Waals surface area contributed by atoms with Crippen molar-refractivity contribution in [2.75, 3.05) is 7.11 Å². The van der Waals surface area contributed by atoms with Crippen LogP contribution in [-0.4, -0.2) is 31.2 Å². The van der Waals surface area contributed by atoms with Gasteiger partial charge in [0.25, 0.3) is 11.8 Å². The molecule has 2 N–H and O–H groups in total. The van der Waals surface area contributed by atoms with E-state index in [1.165, 1.54) is 24.4 Å². The summed E-state index contributed by atoms with van der Waals surface area (Å²) in [7, 11) is 1.54. The molecule has 0 fully saturated rings. The van der Waals surface area contributed by atoms with E-state index in [1.54, 1.807) is 45.2 Å². The number of hydrogen-bond acceptors (Lipinski definition) is 5. The maximum atomic E-state index is 13.9. The van der Waals surface area contributed by atoms with Crippen LogP contribution in [0.25, 0.3) is 0 Å². The largest absolute Gasteiger partial charge is 0.493 e. The summed E-state index contributed by atoms with van der Waals surface area (Å²) in [6, 6.07) is 19.7. The molecule has 3 rings (SSSR count). The fourth-order valence-corrected chi connectivity index (χ4v) is 3.26. The Hall–Kier alpha value is -4.20. The summed E-state index contributed by atoms with van der Waals surface area (Å²) < 4.78 is 25.2. The van der Waals surface area contributed by atoms with Crippen LogP contribution in [0.3, 0.4) is 0 Å². The standard InChI is InChI=1S/C27H28FN3O4/c1-18(2)25(30-26(32)21-11-7-8-12-22(21)28)27(33)31-29-16-20-13-14-23(24(15-20)34-3)35-17-19-9-5-4-6-10-19/h4-16,18,25H,17H2,1-3H3,(H,30,32)(H,31,33)/b29-16+. The summed E-state index contributed by atoms with van der Waals surface area (Å²) in [5.41, 5.74) is 4.01. The highest BCUT2D eigenvalue weighted by atomic mass is 19.1. The first-order chi connectivity index (χ1) is 16.9. The van der Waals surface area contributed by atoms with Gasteiger partial charge in [-0.15, -0.1) is 0 Å². The lowest BCUT2D eigenvalue weighted by molar-refractivity contribution is -0.123. The van der Waals surface area contributed by atoms with Crippen LogP contribution in [-0.2, 0) is 11.4 Å². The van der Waals surface area contributed by atoms with E-state index in [-0.39, 0.29) is 11.5 Å². The van der Waals surface area contributed by atoms with Gasteiger partial charge in [0.1, 0.15) is 18.5 Å². The average Bonchev–Trinajstić information content (AvgIpc) is 2.86. The highest BCUT2D eigenvalue weighted by Gasteiger charge is 2.25. The van der Waals surface area contributed by atoms with Crippen LogP contribution >= 0.6 is 0 Å². The van der Waals surface area contributed by atoms with Crippen LogP contribution in [0.15, 0.2) is 77.9 Å². The van der Waals surface area contributed by atoms with Crippen molar-refractivity contribution >= 4 is 18.0 Å². The zero-order valence-corrected chi connectivity index (χ0v) is 19.8. The number of amides is 2. The number of carbonyl (C=O) groups excluding carboxylic acids is 2. The zero-order valence-electron chi connectivity index (χ0n) is 19.8. The van der Waals surface area contributed by atoms with Gasteiger partial charge in [-0.05, 0) is 47.4 Å². The Morgan fingerprint density at radius 3 is 2.40 bits per heavy atom. The van der Waals surface area contributed by atoms with Crippen molar-refractivity contribution in [1.29, 1.82) is 0 Å². The molecule has 0 aliphatic carbocycles. The van der Waals surface area contributed by atoms with Gasteiger partial charge in [0, 0.05) is 0 Å². The molecule has 0 heterocycles. The van der Waals surface area contributed by atoms with Gasteiger partial charge in [0.15, 0.2) is 11.5 Å². The lowest BCUT2D eigenvalue weighted by Crippen LogP contribution is -2.48. The van der Waals surface area contributed by atoms with Crippen LogP contribution in [0.1, 0.15) is 35.3 Å². The molecule has 0 aliphatic heterocycles. The Labute approximate surface area is 204 Å². The van der Waals surface area contributed by atoms with E-state index in [2.05, 4.69) is 15.8 Å². The molecule has 0 saturated heterocycles. The van der Waals surface area contributed by atoms with Gasteiger partial charge < -0.3 is 14.8 Å². The third-order valence-electron chi connectivity index (χ3n) is 5.17. The molecule has 0 radical (unpaired) electrons. The lowest BCUT2D eigenvalue weighted by Gasteiger charge is -2.20. The number of rotatable bonds is 10. The molecule has 0 aliphatic rings. The molecule has 182 valence electrons. The number of hydrogen-bond donors (Lipinski definition) is 2. The van der Waals surface area contributed by atoms with Gasteiger partial charge in [-0.2, -0.15) is 5.10 Å². The summed E-state index contributed by atoms with van der Waals surface area (Å²) in [5, 5.41) is 6.57. The smallest absolute Gasteiger partial charge is 0.262 e. The zero-order chi connectivity index (χ0) is 25.2. The SMILES string of the molecule is COc1cc(/C=N/NC(=O)C(NC(=O)c2ccccc2F)C(C)C)ccc1OCc1ccccc1. The first-order valence-electron chi connectivity index (χ1n) is 11.1. The Bertz CT molecular complexity index is 1180. The predicted octanol–water partition coefficient (Wildman–Crippen LogP) is 4.32. The fraction of sp³-hybridized carbons (Fsp3) is 0.222. The molecule has 3 aromatic carbocycles. The molecule has 0 spiro atoms. The molecule has 8 heteroatoms. The second-order valence-corrected chi connectivity index (χ2v) is 8.09. The highest BCUT2D eigenvalue weighted by Crippen LogP contribution is 2.28. The molecule has 7 nitrogen and oxygen atoms in total. The van der Waals surface area contributed by atoms with E-state index in [0.29, 0.717) is 23.7 Å². The second kappa shape index (κ2) is 12.3. The molecule has 1 unspecified atom stereocenters. The fourth-order valence-electron chi connectivity index (χ4n) is 3.26. The third kappa shape index (κ3) is 7.14. The van der Waals surface area contributed by atoms with Gasteiger partial charge >= 0.3 is 0 Å². The van der Waals surface area contributed by atoms with Gasteiger partial charge in [-0.1, -0.05) is 56.3 Å². The summed E-state index contributed by atoms with van der Waals surface area (Å²) in [4.78, 5) is 25.1. The molecule has 1 atom stereocenters. The van der Waals surface area contributed by atoms with Crippen molar-refractivity contribution in [1.82, 2.24) is 10.7 Å². The van der Waals surface area contributed by atoms with E-state index < -0.39 is 23.7 Å².